The maximum atomic E-state index is 12.4. The van der Waals surface area contributed by atoms with Gasteiger partial charge in [-0.25, -0.2) is 0 Å². The summed E-state index contributed by atoms with van der Waals surface area (Å²) in [5, 5.41) is 6.39. The second kappa shape index (κ2) is 10.2. The largest absolute Gasteiger partial charge is 0.497 e. The molecular weight excluding hydrogens is 361 g/mol. The minimum atomic E-state index is -0.0558. The van der Waals surface area contributed by atoms with Gasteiger partial charge in [0.2, 0.25) is 0 Å². The number of hydrogen-bond donors (Lipinski definition) is 2. The SMILES string of the molecule is COc1ccc(-c2cncc(C(=O)NC3CCNCC3)c2)cc1.Cl.Cl. The molecule has 2 N–H and O–H groups in total. The van der Waals surface area contributed by atoms with Gasteiger partial charge in [0.05, 0.1) is 12.7 Å². The Morgan fingerprint density at radius 3 is 2.44 bits per heavy atom. The van der Waals surface area contributed by atoms with Crippen molar-refractivity contribution in [1.29, 1.82) is 0 Å². The highest BCUT2D eigenvalue weighted by Crippen LogP contribution is 2.22. The van der Waals surface area contributed by atoms with Crippen molar-refractivity contribution in [3.8, 4) is 16.9 Å². The number of nitrogens with zero attached hydrogens (tertiary/aromatic N) is 1. The average molecular weight is 384 g/mol. The van der Waals surface area contributed by atoms with E-state index in [1.54, 1.807) is 19.5 Å². The predicted octanol–water partition coefficient (Wildman–Crippen LogP) is 3.08. The summed E-state index contributed by atoms with van der Waals surface area (Å²) in [6, 6.07) is 9.85. The smallest absolute Gasteiger partial charge is 0.253 e. The fraction of sp³-hybridized carbons (Fsp3) is 0.333. The topological polar surface area (TPSA) is 63.2 Å². The van der Waals surface area contributed by atoms with Gasteiger partial charge < -0.3 is 15.4 Å². The number of hydrogen-bond acceptors (Lipinski definition) is 4. The lowest BCUT2D eigenvalue weighted by Crippen LogP contribution is -2.42. The van der Waals surface area contributed by atoms with Crippen LogP contribution >= 0.6 is 24.8 Å². The first-order valence-electron chi connectivity index (χ1n) is 7.87. The van der Waals surface area contributed by atoms with Gasteiger partial charge in [-0.1, -0.05) is 12.1 Å². The van der Waals surface area contributed by atoms with Gasteiger partial charge in [0.25, 0.3) is 5.91 Å². The maximum absolute atomic E-state index is 12.4. The molecule has 3 rings (SSSR count). The Hall–Kier alpha value is -1.82. The van der Waals surface area contributed by atoms with Crippen molar-refractivity contribution in [2.24, 2.45) is 0 Å². The number of rotatable bonds is 4. The number of piperidine rings is 1. The van der Waals surface area contributed by atoms with Crippen molar-refractivity contribution >= 4 is 30.7 Å². The van der Waals surface area contributed by atoms with Crippen molar-refractivity contribution in [1.82, 2.24) is 15.6 Å². The summed E-state index contributed by atoms with van der Waals surface area (Å²) in [5.41, 5.74) is 2.53. The van der Waals surface area contributed by atoms with E-state index >= 15 is 0 Å². The quantitative estimate of drug-likeness (QED) is 0.851. The van der Waals surface area contributed by atoms with Crippen LogP contribution in [0.2, 0.25) is 0 Å². The monoisotopic (exact) mass is 383 g/mol. The molecule has 7 heteroatoms. The maximum Gasteiger partial charge on any atom is 0.253 e. The van der Waals surface area contributed by atoms with Crippen LogP contribution in [0.4, 0.5) is 0 Å². The van der Waals surface area contributed by atoms with Crippen molar-refractivity contribution in [3.05, 3.63) is 48.3 Å². The number of benzene rings is 1. The number of aromatic nitrogens is 1. The van der Waals surface area contributed by atoms with Crippen LogP contribution in [-0.2, 0) is 0 Å². The lowest BCUT2D eigenvalue weighted by molar-refractivity contribution is 0.0929. The molecular formula is C18H23Cl2N3O2. The number of halogens is 2. The van der Waals surface area contributed by atoms with Gasteiger partial charge in [-0.2, -0.15) is 0 Å². The molecule has 1 aliphatic rings. The average Bonchev–Trinajstić information content (AvgIpc) is 2.63. The number of ether oxygens (including phenoxy) is 1. The Balaban J connectivity index is 0.00000156. The molecule has 0 atom stereocenters. The van der Waals surface area contributed by atoms with E-state index in [0.717, 1.165) is 42.8 Å². The molecule has 0 saturated carbocycles. The zero-order valence-electron chi connectivity index (χ0n) is 14.0. The molecule has 25 heavy (non-hydrogen) atoms. The van der Waals surface area contributed by atoms with E-state index in [9.17, 15) is 4.79 Å². The standard InChI is InChI=1S/C18H21N3O2.2ClH/c1-23-17-4-2-13(3-5-17)14-10-15(12-20-11-14)18(22)21-16-6-8-19-9-7-16;;/h2-5,10-12,16,19H,6-9H2,1H3,(H,21,22);2*1H. The Kier molecular flexibility index (Phi) is 8.69. The van der Waals surface area contributed by atoms with Crippen LogP contribution < -0.4 is 15.4 Å². The molecule has 5 nitrogen and oxygen atoms in total. The Bertz CT molecular complexity index is 674. The van der Waals surface area contributed by atoms with E-state index in [1.165, 1.54) is 0 Å². The summed E-state index contributed by atoms with van der Waals surface area (Å²) in [5.74, 6) is 0.751. The molecule has 0 unspecified atom stereocenters. The van der Waals surface area contributed by atoms with Gasteiger partial charge in [-0.15, -0.1) is 24.8 Å². The lowest BCUT2D eigenvalue weighted by atomic mass is 10.0. The highest BCUT2D eigenvalue weighted by Gasteiger charge is 2.16. The molecule has 0 bridgehead atoms. The van der Waals surface area contributed by atoms with Crippen LogP contribution in [-0.4, -0.2) is 37.1 Å². The van der Waals surface area contributed by atoms with E-state index in [-0.39, 0.29) is 36.8 Å². The Morgan fingerprint density at radius 1 is 1.12 bits per heavy atom. The summed E-state index contributed by atoms with van der Waals surface area (Å²) < 4.78 is 5.17. The summed E-state index contributed by atoms with van der Waals surface area (Å²) in [4.78, 5) is 16.6. The summed E-state index contributed by atoms with van der Waals surface area (Å²) in [6.07, 6.45) is 5.32. The molecule has 1 saturated heterocycles. The van der Waals surface area contributed by atoms with Crippen molar-refractivity contribution < 1.29 is 9.53 Å². The molecule has 1 amide bonds. The zero-order valence-corrected chi connectivity index (χ0v) is 15.7. The third-order valence-electron chi connectivity index (χ3n) is 4.10. The van der Waals surface area contributed by atoms with Gasteiger partial charge >= 0.3 is 0 Å². The molecule has 2 heterocycles. The molecule has 1 fully saturated rings. The zero-order chi connectivity index (χ0) is 16.1. The highest BCUT2D eigenvalue weighted by atomic mass is 35.5. The van der Waals surface area contributed by atoms with Crippen LogP contribution in [0.25, 0.3) is 11.1 Å². The first-order valence-corrected chi connectivity index (χ1v) is 7.87. The number of amides is 1. The van der Waals surface area contributed by atoms with Gasteiger partial charge in [0.15, 0.2) is 0 Å². The van der Waals surface area contributed by atoms with Crippen LogP contribution in [0.3, 0.4) is 0 Å². The number of pyridine rings is 1. The fourth-order valence-electron chi connectivity index (χ4n) is 2.74. The second-order valence-electron chi connectivity index (χ2n) is 5.69. The Morgan fingerprint density at radius 2 is 1.80 bits per heavy atom. The van der Waals surface area contributed by atoms with Gasteiger partial charge in [0.1, 0.15) is 5.75 Å². The van der Waals surface area contributed by atoms with Crippen molar-refractivity contribution in [3.63, 3.8) is 0 Å². The number of methoxy groups -OCH3 is 1. The van der Waals surface area contributed by atoms with Gasteiger partial charge in [0, 0.05) is 24.0 Å². The van der Waals surface area contributed by atoms with Crippen molar-refractivity contribution in [2.75, 3.05) is 20.2 Å². The van der Waals surface area contributed by atoms with Crippen LogP contribution in [0.5, 0.6) is 5.75 Å². The second-order valence-corrected chi connectivity index (χ2v) is 5.69. The first kappa shape index (κ1) is 21.2. The van der Waals surface area contributed by atoms with Crippen molar-refractivity contribution in [2.45, 2.75) is 18.9 Å². The van der Waals surface area contributed by atoms with E-state index in [1.807, 2.05) is 30.3 Å². The summed E-state index contributed by atoms with van der Waals surface area (Å²) in [6.45, 7) is 1.91. The molecule has 0 radical (unpaired) electrons. The summed E-state index contributed by atoms with van der Waals surface area (Å²) >= 11 is 0. The molecule has 1 aromatic heterocycles. The van der Waals surface area contributed by atoms with Crippen LogP contribution in [0, 0.1) is 0 Å². The van der Waals surface area contributed by atoms with Crippen LogP contribution in [0.15, 0.2) is 42.7 Å². The van der Waals surface area contributed by atoms with Crippen LogP contribution in [0.1, 0.15) is 23.2 Å². The molecule has 2 aromatic rings. The number of carbonyl (C=O) groups is 1. The van der Waals surface area contributed by atoms with E-state index in [4.69, 9.17) is 4.74 Å². The molecule has 1 aromatic carbocycles. The molecule has 136 valence electrons. The minimum absolute atomic E-state index is 0. The summed E-state index contributed by atoms with van der Waals surface area (Å²) in [7, 11) is 1.64. The fourth-order valence-corrected chi connectivity index (χ4v) is 2.74. The first-order chi connectivity index (χ1) is 11.3. The lowest BCUT2D eigenvalue weighted by Gasteiger charge is -2.23. The highest BCUT2D eigenvalue weighted by molar-refractivity contribution is 5.95. The van der Waals surface area contributed by atoms with E-state index < -0.39 is 0 Å². The number of carbonyl (C=O) groups excluding carboxylic acids is 1. The third-order valence-corrected chi connectivity index (χ3v) is 4.10. The molecule has 0 spiro atoms. The predicted molar refractivity (Wildman–Crippen MR) is 104 cm³/mol. The van der Waals surface area contributed by atoms with E-state index in [0.29, 0.717) is 5.56 Å². The molecule has 1 aliphatic heterocycles. The number of nitrogens with one attached hydrogen (secondary N) is 2. The molecule has 0 aliphatic carbocycles. The normalized spacial score (nSPS) is 14.0. The van der Waals surface area contributed by atoms with Gasteiger partial charge in [-0.3, -0.25) is 9.78 Å². The Labute approximate surface area is 160 Å². The van der Waals surface area contributed by atoms with E-state index in [2.05, 4.69) is 15.6 Å². The third kappa shape index (κ3) is 5.59. The van der Waals surface area contributed by atoms with Gasteiger partial charge in [-0.05, 0) is 49.7 Å². The minimum Gasteiger partial charge on any atom is -0.497 e.